The average Bonchev–Trinajstić information content (AvgIpc) is 2.26. The van der Waals surface area contributed by atoms with Crippen LogP contribution in [-0.4, -0.2) is 19.1 Å². The van der Waals surface area contributed by atoms with Crippen molar-refractivity contribution in [2.24, 2.45) is 10.2 Å². The third-order valence-corrected chi connectivity index (χ3v) is 2.62. The van der Waals surface area contributed by atoms with Crippen molar-refractivity contribution < 1.29 is 9.53 Å². The zero-order chi connectivity index (χ0) is 12.1. The molecule has 0 radical (unpaired) electrons. The molecule has 0 heterocycles. The van der Waals surface area contributed by atoms with E-state index in [0.29, 0.717) is 5.69 Å². The van der Waals surface area contributed by atoms with Crippen LogP contribution in [0.4, 0.5) is 5.69 Å². The summed E-state index contributed by atoms with van der Waals surface area (Å²) < 4.78 is 5.40. The normalized spacial score (nSPS) is 12.8. The number of ether oxygens (including phenoxy) is 1. The van der Waals surface area contributed by atoms with E-state index < -0.39 is 12.0 Å². The van der Waals surface area contributed by atoms with Crippen molar-refractivity contribution in [3.05, 3.63) is 28.2 Å². The van der Waals surface area contributed by atoms with Crippen molar-refractivity contribution in [3.8, 4) is 0 Å². The zero-order valence-electron chi connectivity index (χ0n) is 9.40. The van der Waals surface area contributed by atoms with Gasteiger partial charge >= 0.3 is 5.97 Å². The highest BCUT2D eigenvalue weighted by Gasteiger charge is 2.11. The quantitative estimate of drug-likeness (QED) is 0.631. The molecule has 0 fully saturated rings. The highest BCUT2D eigenvalue weighted by atomic mass is 79.9. The predicted octanol–water partition coefficient (Wildman–Crippen LogP) is 3.40. The van der Waals surface area contributed by atoms with E-state index in [0.717, 1.165) is 10.0 Å². The van der Waals surface area contributed by atoms with Gasteiger partial charge in [-0.25, -0.2) is 4.79 Å². The summed E-state index contributed by atoms with van der Waals surface area (Å²) in [6.45, 7) is 3.63. The molecule has 0 N–H and O–H groups in total. The summed E-state index contributed by atoms with van der Waals surface area (Å²) in [6, 6.07) is 5.13. The summed E-state index contributed by atoms with van der Waals surface area (Å²) in [6.07, 6.45) is 0. The van der Waals surface area contributed by atoms with Crippen molar-refractivity contribution in [3.63, 3.8) is 0 Å². The summed E-state index contributed by atoms with van der Waals surface area (Å²) in [5.41, 5.74) is 1.83. The van der Waals surface area contributed by atoms with Crippen molar-refractivity contribution in [2.45, 2.75) is 19.9 Å². The first-order valence-corrected chi connectivity index (χ1v) is 5.58. The molecule has 1 aromatic rings. The molecule has 0 amide bonds. The highest BCUT2D eigenvalue weighted by molar-refractivity contribution is 9.10. The number of hydrogen-bond acceptors (Lipinski definition) is 4. The molecule has 1 aromatic carbocycles. The summed E-state index contributed by atoms with van der Waals surface area (Å²) >= 11 is 3.38. The number of aryl methyl sites for hydroxylation is 1. The first-order chi connectivity index (χ1) is 7.54. The van der Waals surface area contributed by atoms with Gasteiger partial charge in [0.05, 0.1) is 12.8 Å². The standard InChI is InChI=1S/C11H13BrN2O2/c1-7-4-5-10(9(12)6-7)14-13-8(2)11(15)16-3/h4-6,8H,1-3H3. The van der Waals surface area contributed by atoms with Crippen LogP contribution < -0.4 is 0 Å². The molecule has 0 saturated heterocycles. The Hall–Kier alpha value is -1.23. The number of benzene rings is 1. The lowest BCUT2D eigenvalue weighted by Gasteiger charge is -2.02. The van der Waals surface area contributed by atoms with E-state index in [1.165, 1.54) is 7.11 Å². The first-order valence-electron chi connectivity index (χ1n) is 4.79. The van der Waals surface area contributed by atoms with Crippen molar-refractivity contribution in [1.29, 1.82) is 0 Å². The largest absolute Gasteiger partial charge is 0.467 e. The third-order valence-electron chi connectivity index (χ3n) is 1.98. The van der Waals surface area contributed by atoms with Gasteiger partial charge in [-0.1, -0.05) is 6.07 Å². The van der Waals surface area contributed by atoms with Crippen molar-refractivity contribution in [1.82, 2.24) is 0 Å². The topological polar surface area (TPSA) is 51.0 Å². The van der Waals surface area contributed by atoms with Gasteiger partial charge in [0.25, 0.3) is 0 Å². The van der Waals surface area contributed by atoms with E-state index in [9.17, 15) is 4.79 Å². The molecule has 0 spiro atoms. The fourth-order valence-electron chi connectivity index (χ4n) is 1.06. The molecule has 0 saturated carbocycles. The number of nitrogens with zero attached hydrogens (tertiary/aromatic N) is 2. The summed E-state index contributed by atoms with van der Waals surface area (Å²) in [5, 5.41) is 7.87. The molecule has 0 aromatic heterocycles. The molecule has 16 heavy (non-hydrogen) atoms. The van der Waals surface area contributed by atoms with Gasteiger partial charge in [0.15, 0.2) is 6.04 Å². The monoisotopic (exact) mass is 284 g/mol. The minimum absolute atomic E-state index is 0.396. The number of methoxy groups -OCH3 is 1. The van der Waals surface area contributed by atoms with E-state index in [1.54, 1.807) is 6.92 Å². The first kappa shape index (κ1) is 12.8. The molecule has 4 nitrogen and oxygen atoms in total. The predicted molar refractivity (Wildman–Crippen MR) is 64.9 cm³/mol. The molecule has 1 rings (SSSR count). The van der Waals surface area contributed by atoms with E-state index >= 15 is 0 Å². The van der Waals surface area contributed by atoms with Gasteiger partial charge in [-0.15, -0.1) is 0 Å². The maximum atomic E-state index is 11.1. The Morgan fingerprint density at radius 1 is 1.50 bits per heavy atom. The van der Waals surface area contributed by atoms with Crippen LogP contribution in [0.2, 0.25) is 0 Å². The number of halogens is 1. The van der Waals surface area contributed by atoms with Crippen molar-refractivity contribution in [2.75, 3.05) is 7.11 Å². The van der Waals surface area contributed by atoms with E-state index in [4.69, 9.17) is 0 Å². The van der Waals surface area contributed by atoms with Gasteiger partial charge in [-0.3, -0.25) is 0 Å². The Balaban J connectivity index is 2.80. The van der Waals surface area contributed by atoms with Gasteiger partial charge in [0.2, 0.25) is 0 Å². The number of carbonyl (C=O) groups excluding carboxylic acids is 1. The molecule has 0 bridgehead atoms. The fraction of sp³-hybridized carbons (Fsp3) is 0.364. The zero-order valence-corrected chi connectivity index (χ0v) is 11.0. The SMILES string of the molecule is COC(=O)C(C)N=Nc1ccc(C)cc1Br. The lowest BCUT2D eigenvalue weighted by Crippen LogP contribution is -2.15. The fourth-order valence-corrected chi connectivity index (χ4v) is 1.63. The van der Waals surface area contributed by atoms with Gasteiger partial charge in [-0.2, -0.15) is 10.2 Å². The molecular formula is C11H13BrN2O2. The Morgan fingerprint density at radius 2 is 2.19 bits per heavy atom. The number of hydrogen-bond donors (Lipinski definition) is 0. The maximum Gasteiger partial charge on any atom is 0.332 e. The lowest BCUT2D eigenvalue weighted by molar-refractivity contribution is -0.141. The van der Waals surface area contributed by atoms with Crippen LogP contribution in [0.25, 0.3) is 0 Å². The van der Waals surface area contributed by atoms with Crippen LogP contribution in [-0.2, 0) is 9.53 Å². The summed E-state index contributed by atoms with van der Waals surface area (Å²) in [7, 11) is 1.33. The molecule has 1 atom stereocenters. The molecule has 86 valence electrons. The van der Waals surface area contributed by atoms with Crippen LogP contribution in [0.5, 0.6) is 0 Å². The van der Waals surface area contributed by atoms with E-state index in [1.807, 2.05) is 25.1 Å². The van der Waals surface area contributed by atoms with Crippen LogP contribution in [0.1, 0.15) is 12.5 Å². The third kappa shape index (κ3) is 3.41. The number of azo groups is 1. The Labute approximate surface area is 103 Å². The molecule has 0 aliphatic heterocycles. The summed E-state index contributed by atoms with van der Waals surface area (Å²) in [4.78, 5) is 11.1. The summed E-state index contributed by atoms with van der Waals surface area (Å²) in [5.74, 6) is -0.396. The van der Waals surface area contributed by atoms with Gasteiger partial charge in [-0.05, 0) is 47.5 Å². The van der Waals surface area contributed by atoms with Crippen molar-refractivity contribution >= 4 is 27.6 Å². The Morgan fingerprint density at radius 3 is 2.75 bits per heavy atom. The maximum absolute atomic E-state index is 11.1. The second-order valence-corrected chi connectivity index (χ2v) is 4.22. The second kappa shape index (κ2) is 5.75. The average molecular weight is 285 g/mol. The lowest BCUT2D eigenvalue weighted by atomic mass is 10.2. The van der Waals surface area contributed by atoms with Crippen LogP contribution in [0.3, 0.4) is 0 Å². The minimum atomic E-state index is -0.585. The van der Waals surface area contributed by atoms with Gasteiger partial charge in [0.1, 0.15) is 0 Å². The molecular weight excluding hydrogens is 272 g/mol. The minimum Gasteiger partial charge on any atom is -0.467 e. The Kier molecular flexibility index (Phi) is 4.61. The van der Waals surface area contributed by atoms with Gasteiger partial charge < -0.3 is 4.74 Å². The molecule has 5 heteroatoms. The smallest absolute Gasteiger partial charge is 0.332 e. The number of esters is 1. The van der Waals surface area contributed by atoms with Crippen LogP contribution in [0.15, 0.2) is 32.9 Å². The van der Waals surface area contributed by atoms with Crippen LogP contribution in [0, 0.1) is 6.92 Å². The number of carbonyl (C=O) groups is 1. The molecule has 0 aliphatic rings. The van der Waals surface area contributed by atoms with E-state index in [-0.39, 0.29) is 0 Å². The Bertz CT molecular complexity index is 418. The second-order valence-electron chi connectivity index (χ2n) is 3.37. The number of rotatable bonds is 3. The molecule has 0 aliphatic carbocycles. The van der Waals surface area contributed by atoms with Crippen LogP contribution >= 0.6 is 15.9 Å². The molecule has 1 unspecified atom stereocenters. The van der Waals surface area contributed by atoms with E-state index in [2.05, 4.69) is 30.9 Å². The van der Waals surface area contributed by atoms with Gasteiger partial charge in [0, 0.05) is 4.47 Å². The highest BCUT2D eigenvalue weighted by Crippen LogP contribution is 2.26.